The van der Waals surface area contributed by atoms with Crippen LogP contribution >= 0.6 is 35.0 Å². The predicted octanol–water partition coefficient (Wildman–Crippen LogP) is 3.72. The zero-order valence-corrected chi connectivity index (χ0v) is 16.1. The van der Waals surface area contributed by atoms with Crippen LogP contribution in [0, 0.1) is 12.3 Å². The maximum Gasteiger partial charge on any atom is 0.261 e. The van der Waals surface area contributed by atoms with Gasteiger partial charge in [-0.3, -0.25) is 4.79 Å². The molecule has 2 aromatic heterocycles. The number of hydrogen-bond donors (Lipinski definition) is 0. The summed E-state index contributed by atoms with van der Waals surface area (Å²) in [4.78, 5) is 12.9. The zero-order chi connectivity index (χ0) is 18.7. The largest absolute Gasteiger partial charge is 0.310 e. The summed E-state index contributed by atoms with van der Waals surface area (Å²) in [7, 11) is 1.81. The summed E-state index contributed by atoms with van der Waals surface area (Å²) >= 11 is 13.4. The molecule has 8 heteroatoms. The fraction of sp³-hybridized carbons (Fsp3) is 0.167. The van der Waals surface area contributed by atoms with Gasteiger partial charge < -0.3 is 9.13 Å². The molecule has 0 saturated heterocycles. The van der Waals surface area contributed by atoms with E-state index in [2.05, 4.69) is 16.1 Å². The molecule has 0 unspecified atom stereocenters. The van der Waals surface area contributed by atoms with Gasteiger partial charge in [0.1, 0.15) is 0 Å². The molecule has 0 spiro atoms. The second-order valence-electron chi connectivity index (χ2n) is 5.46. The van der Waals surface area contributed by atoms with E-state index in [4.69, 9.17) is 29.6 Å². The van der Waals surface area contributed by atoms with Crippen molar-refractivity contribution in [1.29, 1.82) is 0 Å². The van der Waals surface area contributed by atoms with E-state index in [1.165, 1.54) is 11.8 Å². The lowest BCUT2D eigenvalue weighted by Gasteiger charge is -2.09. The van der Waals surface area contributed by atoms with Gasteiger partial charge in [0.25, 0.3) is 5.56 Å². The van der Waals surface area contributed by atoms with Crippen LogP contribution in [0.25, 0.3) is 11.4 Å². The first kappa shape index (κ1) is 18.6. The Kier molecular flexibility index (Phi) is 5.72. The molecule has 0 aliphatic heterocycles. The average Bonchev–Trinajstić information content (AvgIpc) is 2.99. The minimum Gasteiger partial charge on any atom is -0.310 e. The highest BCUT2D eigenvalue weighted by Crippen LogP contribution is 2.23. The summed E-state index contributed by atoms with van der Waals surface area (Å²) < 4.78 is 3.36. The van der Waals surface area contributed by atoms with E-state index in [1.807, 2.05) is 13.1 Å². The molecular weight excluding hydrogens is 391 g/mol. The lowest BCUT2D eigenvalue weighted by atomic mass is 10.2. The smallest absolute Gasteiger partial charge is 0.261 e. The Morgan fingerprint density at radius 1 is 1.23 bits per heavy atom. The molecule has 0 aliphatic rings. The molecular formula is C18H14Cl2N4OS. The van der Waals surface area contributed by atoms with E-state index in [1.54, 1.807) is 39.6 Å². The van der Waals surface area contributed by atoms with Crippen molar-refractivity contribution in [3.05, 3.63) is 62.5 Å². The molecule has 132 valence electrons. The first-order valence-electron chi connectivity index (χ1n) is 7.60. The van der Waals surface area contributed by atoms with Crippen molar-refractivity contribution < 1.29 is 0 Å². The number of rotatable bonds is 5. The van der Waals surface area contributed by atoms with Crippen LogP contribution in [0.2, 0.25) is 10.0 Å². The molecule has 26 heavy (non-hydrogen) atoms. The Bertz CT molecular complexity index is 1050. The van der Waals surface area contributed by atoms with Gasteiger partial charge in [0.05, 0.1) is 27.9 Å². The van der Waals surface area contributed by atoms with Crippen molar-refractivity contribution in [3.63, 3.8) is 0 Å². The summed E-state index contributed by atoms with van der Waals surface area (Å²) in [5.41, 5.74) is 1.18. The average molecular weight is 405 g/mol. The standard InChI is InChI=1S/C18H14Cl2N4OS/c1-3-9-26-18-22-21-16(23(18)2)13-5-4-8-24(17(13)25)11-12-6-7-14(19)15(20)10-12/h1,4-8,10H,9,11H2,2H3. The second kappa shape index (κ2) is 8.00. The molecule has 5 nitrogen and oxygen atoms in total. The zero-order valence-electron chi connectivity index (χ0n) is 13.8. The van der Waals surface area contributed by atoms with Crippen molar-refractivity contribution >= 4 is 35.0 Å². The minimum absolute atomic E-state index is 0.164. The van der Waals surface area contributed by atoms with Crippen LogP contribution in [0.3, 0.4) is 0 Å². The van der Waals surface area contributed by atoms with E-state index in [9.17, 15) is 4.79 Å². The van der Waals surface area contributed by atoms with Gasteiger partial charge in [0, 0.05) is 13.2 Å². The van der Waals surface area contributed by atoms with Gasteiger partial charge in [-0.15, -0.1) is 16.6 Å². The topological polar surface area (TPSA) is 52.7 Å². The quantitative estimate of drug-likeness (QED) is 0.480. The lowest BCUT2D eigenvalue weighted by Crippen LogP contribution is -2.22. The van der Waals surface area contributed by atoms with Gasteiger partial charge in [-0.1, -0.05) is 47.0 Å². The SMILES string of the molecule is C#CCSc1nnc(-c2cccn(Cc3ccc(Cl)c(Cl)c3)c2=O)n1C. The van der Waals surface area contributed by atoms with Crippen LogP contribution in [-0.4, -0.2) is 25.1 Å². The predicted molar refractivity (Wildman–Crippen MR) is 106 cm³/mol. The molecule has 0 radical (unpaired) electrons. The summed E-state index contributed by atoms with van der Waals surface area (Å²) in [6.07, 6.45) is 7.00. The van der Waals surface area contributed by atoms with Crippen LogP contribution in [0.1, 0.15) is 5.56 Å². The monoisotopic (exact) mass is 404 g/mol. The number of nitrogens with zero attached hydrogens (tertiary/aromatic N) is 4. The molecule has 0 amide bonds. The highest BCUT2D eigenvalue weighted by atomic mass is 35.5. The van der Waals surface area contributed by atoms with Crippen molar-refractivity contribution in [3.8, 4) is 23.7 Å². The summed E-state index contributed by atoms with van der Waals surface area (Å²) in [5, 5.41) is 9.85. The van der Waals surface area contributed by atoms with Gasteiger partial charge >= 0.3 is 0 Å². The highest BCUT2D eigenvalue weighted by molar-refractivity contribution is 7.99. The third-order valence-corrected chi connectivity index (χ3v) is 5.38. The maximum atomic E-state index is 12.9. The molecule has 0 aliphatic carbocycles. The van der Waals surface area contributed by atoms with Crippen molar-refractivity contribution in [1.82, 2.24) is 19.3 Å². The number of benzene rings is 1. The third kappa shape index (κ3) is 3.80. The summed E-state index contributed by atoms with van der Waals surface area (Å²) in [6.45, 7) is 0.375. The Hall–Kier alpha value is -2.20. The van der Waals surface area contributed by atoms with Crippen LogP contribution < -0.4 is 5.56 Å². The Balaban J connectivity index is 1.95. The first-order valence-corrected chi connectivity index (χ1v) is 9.35. The number of pyridine rings is 1. The van der Waals surface area contributed by atoms with Gasteiger partial charge in [0.15, 0.2) is 11.0 Å². The highest BCUT2D eigenvalue weighted by Gasteiger charge is 2.15. The van der Waals surface area contributed by atoms with E-state index in [-0.39, 0.29) is 5.56 Å². The van der Waals surface area contributed by atoms with E-state index in [0.29, 0.717) is 38.9 Å². The van der Waals surface area contributed by atoms with Gasteiger partial charge in [-0.05, 0) is 29.8 Å². The van der Waals surface area contributed by atoms with E-state index < -0.39 is 0 Å². The Morgan fingerprint density at radius 3 is 2.77 bits per heavy atom. The van der Waals surface area contributed by atoms with Gasteiger partial charge in [-0.2, -0.15) is 0 Å². The summed E-state index contributed by atoms with van der Waals surface area (Å²) in [5.74, 6) is 3.53. The molecule has 0 fully saturated rings. The molecule has 3 rings (SSSR count). The van der Waals surface area contributed by atoms with Crippen LogP contribution in [0.4, 0.5) is 0 Å². The maximum absolute atomic E-state index is 12.9. The van der Waals surface area contributed by atoms with Crippen LogP contribution in [0.15, 0.2) is 46.5 Å². The Morgan fingerprint density at radius 2 is 2.04 bits per heavy atom. The normalized spacial score (nSPS) is 10.7. The van der Waals surface area contributed by atoms with Crippen molar-refractivity contribution in [2.45, 2.75) is 11.7 Å². The van der Waals surface area contributed by atoms with Crippen LogP contribution in [-0.2, 0) is 13.6 Å². The molecule has 1 aromatic carbocycles. The second-order valence-corrected chi connectivity index (χ2v) is 7.22. The number of aromatic nitrogens is 4. The van der Waals surface area contributed by atoms with Crippen molar-refractivity contribution in [2.75, 3.05) is 5.75 Å². The van der Waals surface area contributed by atoms with E-state index in [0.717, 1.165) is 5.56 Å². The number of halogens is 2. The van der Waals surface area contributed by atoms with E-state index >= 15 is 0 Å². The Labute approximate surface area is 165 Å². The minimum atomic E-state index is -0.164. The molecule has 3 aromatic rings. The number of terminal acetylenes is 1. The third-order valence-electron chi connectivity index (χ3n) is 3.72. The fourth-order valence-electron chi connectivity index (χ4n) is 2.45. The molecule has 0 bridgehead atoms. The lowest BCUT2D eigenvalue weighted by molar-refractivity contribution is 0.754. The molecule has 0 saturated carbocycles. The molecule has 0 atom stereocenters. The fourth-order valence-corrected chi connectivity index (χ4v) is 3.36. The van der Waals surface area contributed by atoms with Gasteiger partial charge in [-0.25, -0.2) is 0 Å². The number of hydrogen-bond acceptors (Lipinski definition) is 4. The molecule has 0 N–H and O–H groups in total. The number of thioether (sulfide) groups is 1. The molecule has 2 heterocycles. The summed E-state index contributed by atoms with van der Waals surface area (Å²) in [6, 6.07) is 8.83. The van der Waals surface area contributed by atoms with Crippen LogP contribution in [0.5, 0.6) is 0 Å². The van der Waals surface area contributed by atoms with Gasteiger partial charge in [0.2, 0.25) is 0 Å². The van der Waals surface area contributed by atoms with Crippen molar-refractivity contribution in [2.24, 2.45) is 7.05 Å². The first-order chi connectivity index (χ1) is 12.5.